The van der Waals surface area contributed by atoms with Gasteiger partial charge in [-0.25, -0.2) is 9.78 Å². The van der Waals surface area contributed by atoms with Gasteiger partial charge in [-0.1, -0.05) is 18.2 Å². The summed E-state index contributed by atoms with van der Waals surface area (Å²) in [7, 11) is 1.79. The number of carbonyl (C=O) groups excluding carboxylic acids is 1. The number of rotatable bonds is 4. The fraction of sp³-hybridized carbons (Fsp3) is 0.200. The van der Waals surface area contributed by atoms with Gasteiger partial charge in [-0.2, -0.15) is 0 Å². The van der Waals surface area contributed by atoms with Gasteiger partial charge in [0, 0.05) is 11.9 Å². The Morgan fingerprint density at radius 3 is 2.90 bits per heavy atom. The number of thiophene rings is 1. The molecule has 0 bridgehead atoms. The summed E-state index contributed by atoms with van der Waals surface area (Å²) >= 11 is 3.27. The molecule has 0 atom stereocenters. The highest BCUT2D eigenvalue weighted by Gasteiger charge is 2.11. The summed E-state index contributed by atoms with van der Waals surface area (Å²) in [5.74, 6) is 0. The Morgan fingerprint density at radius 2 is 2.14 bits per heavy atom. The lowest BCUT2D eigenvalue weighted by Crippen LogP contribution is -2.36. The maximum absolute atomic E-state index is 12.1. The van der Waals surface area contributed by atoms with Crippen LogP contribution < -0.4 is 5.32 Å². The number of aromatic nitrogens is 1. The smallest absolute Gasteiger partial charge is 0.317 e. The number of amides is 2. The zero-order valence-corrected chi connectivity index (χ0v) is 13.2. The molecule has 0 radical (unpaired) electrons. The summed E-state index contributed by atoms with van der Waals surface area (Å²) in [4.78, 5) is 19.4. The first-order chi connectivity index (χ1) is 10.2. The van der Waals surface area contributed by atoms with Gasteiger partial charge in [0.25, 0.3) is 0 Å². The van der Waals surface area contributed by atoms with E-state index in [1.165, 1.54) is 0 Å². The highest BCUT2D eigenvalue weighted by Crippen LogP contribution is 2.22. The molecule has 6 heteroatoms. The molecule has 1 aromatic carbocycles. The predicted octanol–water partition coefficient (Wildman–Crippen LogP) is 3.70. The van der Waals surface area contributed by atoms with Crippen molar-refractivity contribution in [1.82, 2.24) is 15.2 Å². The van der Waals surface area contributed by atoms with Gasteiger partial charge in [0.2, 0.25) is 0 Å². The number of nitrogens with zero attached hydrogens (tertiary/aromatic N) is 2. The van der Waals surface area contributed by atoms with Crippen LogP contribution in [0.4, 0.5) is 4.79 Å². The van der Waals surface area contributed by atoms with Crippen LogP contribution in [0.5, 0.6) is 0 Å². The third kappa shape index (κ3) is 3.40. The van der Waals surface area contributed by atoms with E-state index in [9.17, 15) is 4.79 Å². The molecule has 0 unspecified atom stereocenters. The van der Waals surface area contributed by atoms with Gasteiger partial charge in [-0.15, -0.1) is 22.7 Å². The van der Waals surface area contributed by atoms with Crippen LogP contribution in [0.3, 0.4) is 0 Å². The number of benzene rings is 1. The summed E-state index contributed by atoms with van der Waals surface area (Å²) in [6.45, 7) is 1.09. The number of thiazole rings is 1. The molecule has 2 heterocycles. The molecule has 108 valence electrons. The Hall–Kier alpha value is -1.92. The third-order valence-corrected chi connectivity index (χ3v) is 4.95. The molecule has 3 rings (SSSR count). The molecule has 0 aliphatic carbocycles. The normalized spacial score (nSPS) is 10.7. The van der Waals surface area contributed by atoms with Gasteiger partial charge in [-0.05, 0) is 23.6 Å². The Bertz CT molecular complexity index is 703. The van der Waals surface area contributed by atoms with E-state index in [1.54, 1.807) is 34.6 Å². The van der Waals surface area contributed by atoms with E-state index in [0.717, 1.165) is 20.1 Å². The standard InChI is InChI=1S/C15H15N3OS2/c1-18(15(19)16-9-11-5-4-8-20-11)10-14-17-12-6-2-3-7-13(12)21-14/h2-8H,9-10H2,1H3,(H,16,19). The van der Waals surface area contributed by atoms with E-state index in [-0.39, 0.29) is 6.03 Å². The maximum Gasteiger partial charge on any atom is 0.317 e. The minimum atomic E-state index is -0.0809. The summed E-state index contributed by atoms with van der Waals surface area (Å²) in [5, 5.41) is 5.87. The zero-order chi connectivity index (χ0) is 14.7. The van der Waals surface area contributed by atoms with Crippen LogP contribution in [0, 0.1) is 0 Å². The van der Waals surface area contributed by atoms with E-state index in [1.807, 2.05) is 41.8 Å². The summed E-state index contributed by atoms with van der Waals surface area (Å²) < 4.78 is 1.15. The van der Waals surface area contributed by atoms with Gasteiger partial charge >= 0.3 is 6.03 Å². The molecule has 0 aliphatic heterocycles. The minimum absolute atomic E-state index is 0.0809. The second kappa shape index (κ2) is 6.24. The maximum atomic E-state index is 12.1. The van der Waals surface area contributed by atoms with Crippen LogP contribution in [-0.2, 0) is 13.1 Å². The van der Waals surface area contributed by atoms with E-state index in [4.69, 9.17) is 0 Å². The first-order valence-corrected chi connectivity index (χ1v) is 8.28. The number of nitrogens with one attached hydrogen (secondary N) is 1. The fourth-order valence-electron chi connectivity index (χ4n) is 1.97. The Morgan fingerprint density at radius 1 is 1.29 bits per heavy atom. The molecule has 1 N–H and O–H groups in total. The van der Waals surface area contributed by atoms with E-state index in [0.29, 0.717) is 13.1 Å². The lowest BCUT2D eigenvalue weighted by Gasteiger charge is -2.16. The Kier molecular flexibility index (Phi) is 4.17. The highest BCUT2D eigenvalue weighted by molar-refractivity contribution is 7.18. The molecule has 0 aliphatic rings. The Balaban J connectivity index is 1.59. The number of fused-ring (bicyclic) bond motifs is 1. The Labute approximate surface area is 131 Å². The summed E-state index contributed by atoms with van der Waals surface area (Å²) in [6, 6.07) is 11.9. The van der Waals surface area contributed by atoms with Crippen molar-refractivity contribution in [3.63, 3.8) is 0 Å². The first kappa shape index (κ1) is 14.0. The van der Waals surface area contributed by atoms with Gasteiger partial charge in [0.05, 0.1) is 23.3 Å². The van der Waals surface area contributed by atoms with Crippen LogP contribution in [0.1, 0.15) is 9.88 Å². The predicted molar refractivity (Wildman–Crippen MR) is 87.6 cm³/mol. The topological polar surface area (TPSA) is 45.2 Å². The fourth-order valence-corrected chi connectivity index (χ4v) is 3.64. The second-order valence-corrected chi connectivity index (χ2v) is 6.82. The van der Waals surface area contributed by atoms with Crippen molar-refractivity contribution < 1.29 is 4.79 Å². The van der Waals surface area contributed by atoms with Crippen LogP contribution >= 0.6 is 22.7 Å². The van der Waals surface area contributed by atoms with Gasteiger partial charge < -0.3 is 10.2 Å². The molecule has 2 aromatic heterocycles. The minimum Gasteiger partial charge on any atom is -0.333 e. The molecule has 0 spiro atoms. The molecular weight excluding hydrogens is 302 g/mol. The van der Waals surface area contributed by atoms with E-state index >= 15 is 0 Å². The first-order valence-electron chi connectivity index (χ1n) is 6.58. The van der Waals surface area contributed by atoms with Crippen molar-refractivity contribution in [3.8, 4) is 0 Å². The number of carbonyl (C=O) groups is 1. The molecule has 3 aromatic rings. The molecule has 4 nitrogen and oxygen atoms in total. The summed E-state index contributed by atoms with van der Waals surface area (Å²) in [6.07, 6.45) is 0. The average molecular weight is 317 g/mol. The molecular formula is C15H15N3OS2. The van der Waals surface area contributed by atoms with Crippen molar-refractivity contribution in [2.75, 3.05) is 7.05 Å². The quantitative estimate of drug-likeness (QED) is 0.797. The number of hydrogen-bond acceptors (Lipinski definition) is 4. The molecule has 2 amide bonds. The molecule has 21 heavy (non-hydrogen) atoms. The van der Waals surface area contributed by atoms with Gasteiger partial charge in [0.15, 0.2) is 0 Å². The van der Waals surface area contributed by atoms with Crippen molar-refractivity contribution >= 4 is 38.9 Å². The average Bonchev–Trinajstić information content (AvgIpc) is 3.13. The largest absolute Gasteiger partial charge is 0.333 e. The third-order valence-electron chi connectivity index (χ3n) is 3.05. The monoisotopic (exact) mass is 317 g/mol. The van der Waals surface area contributed by atoms with Gasteiger partial charge in [-0.3, -0.25) is 0 Å². The van der Waals surface area contributed by atoms with Crippen LogP contribution in [0.25, 0.3) is 10.2 Å². The lowest BCUT2D eigenvalue weighted by molar-refractivity contribution is 0.206. The highest BCUT2D eigenvalue weighted by atomic mass is 32.1. The van der Waals surface area contributed by atoms with Gasteiger partial charge in [0.1, 0.15) is 5.01 Å². The van der Waals surface area contributed by atoms with Crippen LogP contribution in [-0.4, -0.2) is 23.0 Å². The molecule has 0 saturated heterocycles. The number of para-hydroxylation sites is 1. The van der Waals surface area contributed by atoms with Crippen molar-refractivity contribution in [2.45, 2.75) is 13.1 Å². The van der Waals surface area contributed by atoms with Crippen molar-refractivity contribution in [2.24, 2.45) is 0 Å². The lowest BCUT2D eigenvalue weighted by atomic mass is 10.3. The number of hydrogen-bond donors (Lipinski definition) is 1. The van der Waals surface area contributed by atoms with E-state index < -0.39 is 0 Å². The summed E-state index contributed by atoms with van der Waals surface area (Å²) in [5.41, 5.74) is 0.991. The zero-order valence-electron chi connectivity index (χ0n) is 11.6. The van der Waals surface area contributed by atoms with Crippen molar-refractivity contribution in [3.05, 3.63) is 51.7 Å². The second-order valence-electron chi connectivity index (χ2n) is 4.67. The SMILES string of the molecule is CN(Cc1nc2ccccc2s1)C(=O)NCc1cccs1. The van der Waals surface area contributed by atoms with Crippen molar-refractivity contribution in [1.29, 1.82) is 0 Å². The van der Waals surface area contributed by atoms with Crippen LogP contribution in [0.2, 0.25) is 0 Å². The van der Waals surface area contributed by atoms with E-state index in [2.05, 4.69) is 10.3 Å². The van der Waals surface area contributed by atoms with Crippen LogP contribution in [0.15, 0.2) is 41.8 Å². The number of urea groups is 1. The molecule has 0 fully saturated rings. The molecule has 0 saturated carbocycles.